The Balaban J connectivity index is 2.15. The lowest BCUT2D eigenvalue weighted by Gasteiger charge is -2.15. The van der Waals surface area contributed by atoms with Crippen molar-refractivity contribution in [2.75, 3.05) is 21.3 Å². The maximum absolute atomic E-state index is 12.4. The first-order chi connectivity index (χ1) is 12.0. The molecule has 0 spiro atoms. The molecule has 0 heterocycles. The molecule has 0 atom stereocenters. The molecule has 0 aromatic heterocycles. The van der Waals surface area contributed by atoms with Gasteiger partial charge in [0.2, 0.25) is 5.75 Å². The number of halogens is 1. The fraction of sp³-hybridized carbons (Fsp3) is 0.176. The standard InChI is InChI=1S/C17H17ClN2O5/c1-23-13-9-8-12(14(24-2)15(13)25-3)17(22)20-19-16(21)10-4-6-11(18)7-5-10/h4-9H,1-3H3,(H,19,21)(H,20,22). The third-order valence-electron chi connectivity index (χ3n) is 3.34. The van der Waals surface area contributed by atoms with Crippen LogP contribution in [0.25, 0.3) is 0 Å². The third-order valence-corrected chi connectivity index (χ3v) is 3.60. The van der Waals surface area contributed by atoms with Gasteiger partial charge in [-0.2, -0.15) is 0 Å². The van der Waals surface area contributed by atoms with E-state index in [9.17, 15) is 9.59 Å². The van der Waals surface area contributed by atoms with E-state index in [4.69, 9.17) is 25.8 Å². The molecule has 0 radical (unpaired) electrons. The van der Waals surface area contributed by atoms with Crippen molar-refractivity contribution in [3.8, 4) is 17.2 Å². The topological polar surface area (TPSA) is 85.9 Å². The Morgan fingerprint density at radius 1 is 0.800 bits per heavy atom. The summed E-state index contributed by atoms with van der Waals surface area (Å²) in [6, 6.07) is 9.31. The van der Waals surface area contributed by atoms with Crippen molar-refractivity contribution in [1.29, 1.82) is 0 Å². The Labute approximate surface area is 149 Å². The van der Waals surface area contributed by atoms with Crippen LogP contribution in [-0.2, 0) is 0 Å². The fourth-order valence-electron chi connectivity index (χ4n) is 2.13. The highest BCUT2D eigenvalue weighted by atomic mass is 35.5. The monoisotopic (exact) mass is 364 g/mol. The Morgan fingerprint density at radius 3 is 1.96 bits per heavy atom. The van der Waals surface area contributed by atoms with Crippen molar-refractivity contribution in [2.24, 2.45) is 0 Å². The van der Waals surface area contributed by atoms with Crippen molar-refractivity contribution in [3.63, 3.8) is 0 Å². The van der Waals surface area contributed by atoms with E-state index in [1.54, 1.807) is 30.3 Å². The Hall–Kier alpha value is -2.93. The molecule has 8 heteroatoms. The molecule has 132 valence electrons. The van der Waals surface area contributed by atoms with Gasteiger partial charge >= 0.3 is 0 Å². The molecule has 2 amide bonds. The van der Waals surface area contributed by atoms with Crippen LogP contribution < -0.4 is 25.1 Å². The van der Waals surface area contributed by atoms with E-state index in [-0.39, 0.29) is 17.1 Å². The van der Waals surface area contributed by atoms with Crippen molar-refractivity contribution in [2.45, 2.75) is 0 Å². The lowest BCUT2D eigenvalue weighted by molar-refractivity contribution is 0.0844. The molecular weight excluding hydrogens is 348 g/mol. The maximum Gasteiger partial charge on any atom is 0.273 e. The van der Waals surface area contributed by atoms with Crippen LogP contribution in [0.15, 0.2) is 36.4 Å². The number of hydrogen-bond donors (Lipinski definition) is 2. The number of benzene rings is 2. The molecule has 0 aliphatic carbocycles. The normalized spacial score (nSPS) is 9.92. The molecule has 7 nitrogen and oxygen atoms in total. The van der Waals surface area contributed by atoms with Gasteiger partial charge in [-0.15, -0.1) is 0 Å². The average molecular weight is 365 g/mol. The summed E-state index contributed by atoms with van der Waals surface area (Å²) in [4.78, 5) is 24.4. The van der Waals surface area contributed by atoms with Gasteiger partial charge in [0.15, 0.2) is 11.5 Å². The molecule has 0 fully saturated rings. The average Bonchev–Trinajstić information content (AvgIpc) is 2.64. The summed E-state index contributed by atoms with van der Waals surface area (Å²) in [7, 11) is 4.31. The molecule has 2 rings (SSSR count). The Morgan fingerprint density at radius 2 is 1.40 bits per heavy atom. The molecule has 2 aromatic rings. The van der Waals surface area contributed by atoms with Crippen LogP contribution >= 0.6 is 11.6 Å². The highest BCUT2D eigenvalue weighted by molar-refractivity contribution is 6.30. The van der Waals surface area contributed by atoms with Gasteiger partial charge in [0.25, 0.3) is 11.8 Å². The number of hydrogen-bond acceptors (Lipinski definition) is 5. The highest BCUT2D eigenvalue weighted by Gasteiger charge is 2.21. The largest absolute Gasteiger partial charge is 0.493 e. The van der Waals surface area contributed by atoms with Gasteiger partial charge in [0, 0.05) is 10.6 Å². The number of hydrazine groups is 1. The third kappa shape index (κ3) is 4.13. The van der Waals surface area contributed by atoms with E-state index in [0.29, 0.717) is 16.3 Å². The number of carbonyl (C=O) groups is 2. The van der Waals surface area contributed by atoms with Gasteiger partial charge < -0.3 is 14.2 Å². The number of ether oxygens (including phenoxy) is 3. The Bertz CT molecular complexity index is 777. The van der Waals surface area contributed by atoms with Crippen molar-refractivity contribution in [3.05, 3.63) is 52.5 Å². The highest BCUT2D eigenvalue weighted by Crippen LogP contribution is 2.39. The van der Waals surface area contributed by atoms with Gasteiger partial charge in [-0.1, -0.05) is 11.6 Å². The predicted octanol–water partition coefficient (Wildman–Crippen LogP) is 2.44. The summed E-state index contributed by atoms with van der Waals surface area (Å²) >= 11 is 5.77. The first kappa shape index (κ1) is 18.4. The molecule has 0 bridgehead atoms. The number of amides is 2. The van der Waals surface area contributed by atoms with Gasteiger partial charge in [-0.3, -0.25) is 20.4 Å². The minimum atomic E-state index is -0.569. The Kier molecular flexibility index (Phi) is 6.08. The smallest absolute Gasteiger partial charge is 0.273 e. The van der Waals surface area contributed by atoms with Crippen molar-refractivity contribution in [1.82, 2.24) is 10.9 Å². The number of methoxy groups -OCH3 is 3. The summed E-state index contributed by atoms with van der Waals surface area (Å²) in [5.74, 6) is -0.160. The fourth-order valence-corrected chi connectivity index (χ4v) is 2.26. The minimum Gasteiger partial charge on any atom is -0.493 e. The van der Waals surface area contributed by atoms with E-state index < -0.39 is 11.8 Å². The van der Waals surface area contributed by atoms with Crippen LogP contribution in [0.2, 0.25) is 5.02 Å². The molecule has 0 saturated carbocycles. The van der Waals surface area contributed by atoms with Gasteiger partial charge in [0.1, 0.15) is 0 Å². The van der Waals surface area contributed by atoms with Crippen LogP contribution in [0.1, 0.15) is 20.7 Å². The molecular formula is C17H17ClN2O5. The lowest BCUT2D eigenvalue weighted by Crippen LogP contribution is -2.41. The van der Waals surface area contributed by atoms with E-state index in [1.807, 2.05) is 0 Å². The molecule has 2 N–H and O–H groups in total. The van der Waals surface area contributed by atoms with E-state index in [2.05, 4.69) is 10.9 Å². The molecule has 0 aliphatic rings. The van der Waals surface area contributed by atoms with Crippen LogP contribution in [0.4, 0.5) is 0 Å². The van der Waals surface area contributed by atoms with Crippen molar-refractivity contribution < 1.29 is 23.8 Å². The second kappa shape index (κ2) is 8.25. The van der Waals surface area contributed by atoms with E-state index in [1.165, 1.54) is 27.4 Å². The predicted molar refractivity (Wildman–Crippen MR) is 92.5 cm³/mol. The maximum atomic E-state index is 12.4. The summed E-state index contributed by atoms with van der Waals surface area (Å²) in [5, 5.41) is 0.510. The van der Waals surface area contributed by atoms with Crippen LogP contribution in [0.3, 0.4) is 0 Å². The van der Waals surface area contributed by atoms with E-state index >= 15 is 0 Å². The molecule has 0 unspecified atom stereocenters. The van der Waals surface area contributed by atoms with Crippen molar-refractivity contribution >= 4 is 23.4 Å². The van der Waals surface area contributed by atoms with Crippen LogP contribution in [-0.4, -0.2) is 33.1 Å². The van der Waals surface area contributed by atoms with Gasteiger partial charge in [0.05, 0.1) is 26.9 Å². The summed E-state index contributed by atoms with van der Waals surface area (Å²) in [6.07, 6.45) is 0. The summed E-state index contributed by atoms with van der Waals surface area (Å²) in [5.41, 5.74) is 5.18. The van der Waals surface area contributed by atoms with E-state index in [0.717, 1.165) is 0 Å². The first-order valence-electron chi connectivity index (χ1n) is 7.17. The van der Waals surface area contributed by atoms with Gasteiger partial charge in [-0.05, 0) is 36.4 Å². The number of carbonyl (C=O) groups excluding carboxylic acids is 2. The molecule has 2 aromatic carbocycles. The quantitative estimate of drug-likeness (QED) is 0.796. The lowest BCUT2D eigenvalue weighted by atomic mass is 10.1. The zero-order valence-electron chi connectivity index (χ0n) is 13.9. The molecule has 0 aliphatic heterocycles. The summed E-state index contributed by atoms with van der Waals surface area (Å²) < 4.78 is 15.6. The van der Waals surface area contributed by atoms with Crippen LogP contribution in [0.5, 0.6) is 17.2 Å². The van der Waals surface area contributed by atoms with Crippen LogP contribution in [0, 0.1) is 0 Å². The first-order valence-corrected chi connectivity index (χ1v) is 7.54. The SMILES string of the molecule is COc1ccc(C(=O)NNC(=O)c2ccc(Cl)cc2)c(OC)c1OC. The van der Waals surface area contributed by atoms with Gasteiger partial charge in [-0.25, -0.2) is 0 Å². The number of nitrogens with one attached hydrogen (secondary N) is 2. The molecule has 0 saturated heterocycles. The second-order valence-corrected chi connectivity index (χ2v) is 5.23. The molecule has 25 heavy (non-hydrogen) atoms. The minimum absolute atomic E-state index is 0.177. The number of rotatable bonds is 5. The second-order valence-electron chi connectivity index (χ2n) is 4.80. The zero-order chi connectivity index (χ0) is 18.4. The zero-order valence-corrected chi connectivity index (χ0v) is 14.6. The summed E-state index contributed by atoms with van der Waals surface area (Å²) in [6.45, 7) is 0.